The predicted octanol–water partition coefficient (Wildman–Crippen LogP) is 3.74. The van der Waals surface area contributed by atoms with Crippen LogP contribution in [0.2, 0.25) is 0 Å². The van der Waals surface area contributed by atoms with E-state index in [4.69, 9.17) is 16.7 Å². The van der Waals surface area contributed by atoms with Gasteiger partial charge in [-0.3, -0.25) is 0 Å². The molecule has 0 bridgehead atoms. The standard InChI is InChI=1S/C14H14ClNO/c15-9-11-1-5-13(6-2-11)16-10-12-3-7-14(17)8-4-12/h1-8,16-17H,9-10H2. The molecule has 0 radical (unpaired) electrons. The number of benzene rings is 2. The van der Waals surface area contributed by atoms with Crippen LogP contribution in [0.25, 0.3) is 0 Å². The lowest BCUT2D eigenvalue weighted by atomic mass is 10.2. The second-order valence-electron chi connectivity index (χ2n) is 3.85. The number of rotatable bonds is 4. The van der Waals surface area contributed by atoms with Crippen molar-refractivity contribution < 1.29 is 5.11 Å². The van der Waals surface area contributed by atoms with Crippen LogP contribution in [0.15, 0.2) is 48.5 Å². The summed E-state index contributed by atoms with van der Waals surface area (Å²) in [5.74, 6) is 0.832. The smallest absolute Gasteiger partial charge is 0.115 e. The van der Waals surface area contributed by atoms with Gasteiger partial charge in [0.2, 0.25) is 0 Å². The molecule has 2 nitrogen and oxygen atoms in total. The van der Waals surface area contributed by atoms with Gasteiger partial charge in [0.15, 0.2) is 0 Å². The quantitative estimate of drug-likeness (QED) is 0.807. The number of hydrogen-bond donors (Lipinski definition) is 2. The number of halogens is 1. The molecule has 0 fully saturated rings. The Bertz CT molecular complexity index is 465. The predicted molar refractivity (Wildman–Crippen MR) is 71.4 cm³/mol. The van der Waals surface area contributed by atoms with Gasteiger partial charge in [-0.1, -0.05) is 24.3 Å². The molecule has 0 spiro atoms. The first kappa shape index (κ1) is 11.8. The topological polar surface area (TPSA) is 32.3 Å². The van der Waals surface area contributed by atoms with Crippen molar-refractivity contribution in [2.24, 2.45) is 0 Å². The van der Waals surface area contributed by atoms with E-state index in [2.05, 4.69) is 5.32 Å². The minimum absolute atomic E-state index is 0.292. The molecule has 0 atom stereocenters. The average Bonchev–Trinajstić information content (AvgIpc) is 2.39. The minimum Gasteiger partial charge on any atom is -0.508 e. The summed E-state index contributed by atoms with van der Waals surface area (Å²) in [7, 11) is 0. The maximum Gasteiger partial charge on any atom is 0.115 e. The summed E-state index contributed by atoms with van der Waals surface area (Å²) in [4.78, 5) is 0. The molecule has 0 aliphatic heterocycles. The zero-order chi connectivity index (χ0) is 12.1. The van der Waals surface area contributed by atoms with Crippen LogP contribution in [0, 0.1) is 0 Å². The second kappa shape index (κ2) is 5.60. The van der Waals surface area contributed by atoms with E-state index >= 15 is 0 Å². The van der Waals surface area contributed by atoms with Crippen molar-refractivity contribution in [2.75, 3.05) is 5.32 Å². The van der Waals surface area contributed by atoms with E-state index < -0.39 is 0 Å². The lowest BCUT2D eigenvalue weighted by Crippen LogP contribution is -1.98. The van der Waals surface area contributed by atoms with E-state index in [1.54, 1.807) is 12.1 Å². The number of hydrogen-bond acceptors (Lipinski definition) is 2. The third-order valence-electron chi connectivity index (χ3n) is 2.54. The number of nitrogens with one attached hydrogen (secondary N) is 1. The van der Waals surface area contributed by atoms with Gasteiger partial charge >= 0.3 is 0 Å². The molecule has 2 rings (SSSR count). The van der Waals surface area contributed by atoms with Gasteiger partial charge in [-0.25, -0.2) is 0 Å². The molecule has 3 heteroatoms. The van der Waals surface area contributed by atoms with E-state index in [-0.39, 0.29) is 0 Å². The summed E-state index contributed by atoms with van der Waals surface area (Å²) in [5, 5.41) is 12.5. The van der Waals surface area contributed by atoms with Gasteiger partial charge in [0, 0.05) is 18.1 Å². The molecule has 0 unspecified atom stereocenters. The Morgan fingerprint density at radius 1 is 0.882 bits per heavy atom. The number of aromatic hydroxyl groups is 1. The third-order valence-corrected chi connectivity index (χ3v) is 2.85. The molecule has 88 valence electrons. The largest absolute Gasteiger partial charge is 0.508 e. The average molecular weight is 248 g/mol. The van der Waals surface area contributed by atoms with E-state index in [1.807, 2.05) is 36.4 Å². The molecule has 0 aliphatic rings. The fourth-order valence-electron chi connectivity index (χ4n) is 1.53. The number of anilines is 1. The minimum atomic E-state index is 0.292. The lowest BCUT2D eigenvalue weighted by molar-refractivity contribution is 0.475. The summed E-state index contributed by atoms with van der Waals surface area (Å²) < 4.78 is 0. The Hall–Kier alpha value is -1.67. The van der Waals surface area contributed by atoms with Crippen LogP contribution in [0.5, 0.6) is 5.75 Å². The van der Waals surface area contributed by atoms with Gasteiger partial charge < -0.3 is 10.4 Å². The summed E-state index contributed by atoms with van der Waals surface area (Å²) in [6.07, 6.45) is 0. The highest BCUT2D eigenvalue weighted by Gasteiger charge is 1.95. The molecule has 2 aromatic rings. The maximum atomic E-state index is 9.17. The summed E-state index contributed by atoms with van der Waals surface area (Å²) in [5.41, 5.74) is 3.30. The molecule has 0 amide bonds. The van der Waals surface area contributed by atoms with Crippen LogP contribution >= 0.6 is 11.6 Å². The van der Waals surface area contributed by atoms with E-state index in [0.29, 0.717) is 11.6 Å². The zero-order valence-electron chi connectivity index (χ0n) is 9.36. The number of alkyl halides is 1. The summed E-state index contributed by atoms with van der Waals surface area (Å²) in [6, 6.07) is 15.2. The normalized spacial score (nSPS) is 10.2. The molecule has 17 heavy (non-hydrogen) atoms. The maximum absolute atomic E-state index is 9.17. The van der Waals surface area contributed by atoms with E-state index in [9.17, 15) is 0 Å². The van der Waals surface area contributed by atoms with Crippen LogP contribution < -0.4 is 5.32 Å². The van der Waals surface area contributed by atoms with Gasteiger partial charge in [-0.05, 0) is 35.4 Å². The Kier molecular flexibility index (Phi) is 3.89. The van der Waals surface area contributed by atoms with Crippen LogP contribution in [0.1, 0.15) is 11.1 Å². The molecular weight excluding hydrogens is 234 g/mol. The van der Waals surface area contributed by atoms with Crippen LogP contribution in [0.3, 0.4) is 0 Å². The highest BCUT2D eigenvalue weighted by Crippen LogP contribution is 2.14. The fourth-order valence-corrected chi connectivity index (χ4v) is 1.71. The van der Waals surface area contributed by atoms with E-state index in [0.717, 1.165) is 23.4 Å². The van der Waals surface area contributed by atoms with Crippen molar-refractivity contribution in [2.45, 2.75) is 12.4 Å². The molecule has 0 saturated heterocycles. The molecule has 0 aromatic heterocycles. The Morgan fingerprint density at radius 2 is 1.47 bits per heavy atom. The van der Waals surface area contributed by atoms with Crippen LogP contribution in [0.4, 0.5) is 5.69 Å². The number of phenols is 1. The SMILES string of the molecule is Oc1ccc(CNc2ccc(CCl)cc2)cc1. The van der Waals surface area contributed by atoms with Crippen molar-refractivity contribution in [3.8, 4) is 5.75 Å². The summed E-state index contributed by atoms with van der Waals surface area (Å²) >= 11 is 5.72. The zero-order valence-corrected chi connectivity index (χ0v) is 10.1. The summed E-state index contributed by atoms with van der Waals surface area (Å²) in [6.45, 7) is 0.737. The van der Waals surface area contributed by atoms with Gasteiger partial charge in [0.1, 0.15) is 5.75 Å². The molecule has 0 heterocycles. The number of phenolic OH excluding ortho intramolecular Hbond substituents is 1. The fraction of sp³-hybridized carbons (Fsp3) is 0.143. The van der Waals surface area contributed by atoms with Crippen LogP contribution in [-0.2, 0) is 12.4 Å². The first-order valence-electron chi connectivity index (χ1n) is 5.44. The highest BCUT2D eigenvalue weighted by atomic mass is 35.5. The van der Waals surface area contributed by atoms with Crippen molar-refractivity contribution >= 4 is 17.3 Å². The Balaban J connectivity index is 1.95. The van der Waals surface area contributed by atoms with Gasteiger partial charge in [0.25, 0.3) is 0 Å². The molecule has 2 aromatic carbocycles. The second-order valence-corrected chi connectivity index (χ2v) is 4.12. The Morgan fingerprint density at radius 3 is 2.06 bits per heavy atom. The first-order valence-corrected chi connectivity index (χ1v) is 5.98. The van der Waals surface area contributed by atoms with Crippen molar-refractivity contribution in [1.29, 1.82) is 0 Å². The highest BCUT2D eigenvalue weighted by molar-refractivity contribution is 6.17. The lowest BCUT2D eigenvalue weighted by Gasteiger charge is -2.07. The third kappa shape index (κ3) is 3.40. The van der Waals surface area contributed by atoms with Gasteiger partial charge in [-0.2, -0.15) is 0 Å². The van der Waals surface area contributed by atoms with Gasteiger partial charge in [0.05, 0.1) is 0 Å². The van der Waals surface area contributed by atoms with Crippen molar-refractivity contribution in [3.05, 3.63) is 59.7 Å². The van der Waals surface area contributed by atoms with Gasteiger partial charge in [-0.15, -0.1) is 11.6 Å². The van der Waals surface area contributed by atoms with Crippen LogP contribution in [-0.4, -0.2) is 5.11 Å². The van der Waals surface area contributed by atoms with Crippen molar-refractivity contribution in [3.63, 3.8) is 0 Å². The molecule has 0 aliphatic carbocycles. The molecule has 0 saturated carbocycles. The van der Waals surface area contributed by atoms with E-state index in [1.165, 1.54) is 0 Å². The molecular formula is C14H14ClNO. The first-order chi connectivity index (χ1) is 8.28. The molecule has 2 N–H and O–H groups in total. The monoisotopic (exact) mass is 247 g/mol. The van der Waals surface area contributed by atoms with Crippen molar-refractivity contribution in [1.82, 2.24) is 0 Å². The Labute approximate surface area is 106 Å².